The molecule has 1 heterocycles. The van der Waals surface area contributed by atoms with E-state index in [2.05, 4.69) is 27.8 Å². The fourth-order valence-electron chi connectivity index (χ4n) is 1.62. The summed E-state index contributed by atoms with van der Waals surface area (Å²) in [4.78, 5) is 5.62. The number of hydrogen-bond donors (Lipinski definition) is 2. The second-order valence-electron chi connectivity index (χ2n) is 4.21. The Morgan fingerprint density at radius 2 is 1.95 bits per heavy atom. The molecule has 0 aliphatic heterocycles. The summed E-state index contributed by atoms with van der Waals surface area (Å²) in [5.74, 6) is 1.74. The predicted molar refractivity (Wildman–Crippen MR) is 90.4 cm³/mol. The molecule has 5 heteroatoms. The van der Waals surface area contributed by atoms with Crippen molar-refractivity contribution in [3.8, 4) is 0 Å². The molecule has 2 rings (SSSR count). The zero-order chi connectivity index (χ0) is 14.2. The Hall–Kier alpha value is -1.59. The highest BCUT2D eigenvalue weighted by Crippen LogP contribution is 2.15. The molecule has 2 aromatic rings. The van der Waals surface area contributed by atoms with Crippen LogP contribution < -0.4 is 10.6 Å². The SMILES string of the molecule is Cc1cccc(NC(=S)NCCSc2ccccc2)n1. The molecule has 0 saturated heterocycles. The minimum atomic E-state index is 0.608. The third-order valence-electron chi connectivity index (χ3n) is 2.53. The number of nitrogens with zero attached hydrogens (tertiary/aromatic N) is 1. The average molecular weight is 303 g/mol. The van der Waals surface area contributed by atoms with E-state index in [1.807, 2.05) is 43.3 Å². The number of aromatic nitrogens is 1. The Morgan fingerprint density at radius 3 is 2.70 bits per heavy atom. The highest BCUT2D eigenvalue weighted by Gasteiger charge is 1.99. The van der Waals surface area contributed by atoms with Crippen LogP contribution >= 0.6 is 24.0 Å². The lowest BCUT2D eigenvalue weighted by molar-refractivity contribution is 0.988. The van der Waals surface area contributed by atoms with Crippen LogP contribution in [-0.4, -0.2) is 22.4 Å². The average Bonchev–Trinajstić information content (AvgIpc) is 2.45. The van der Waals surface area contributed by atoms with Crippen LogP contribution in [0.2, 0.25) is 0 Å². The molecule has 1 aromatic carbocycles. The van der Waals surface area contributed by atoms with Gasteiger partial charge in [-0.05, 0) is 43.4 Å². The number of rotatable bonds is 5. The molecule has 0 bridgehead atoms. The summed E-state index contributed by atoms with van der Waals surface area (Å²) < 4.78 is 0. The van der Waals surface area contributed by atoms with E-state index in [0.717, 1.165) is 23.8 Å². The zero-order valence-electron chi connectivity index (χ0n) is 11.3. The molecule has 0 atom stereocenters. The summed E-state index contributed by atoms with van der Waals surface area (Å²) >= 11 is 7.04. The van der Waals surface area contributed by atoms with Crippen molar-refractivity contribution in [3.05, 3.63) is 54.2 Å². The third-order valence-corrected chi connectivity index (χ3v) is 3.79. The van der Waals surface area contributed by atoms with Gasteiger partial charge in [-0.1, -0.05) is 24.3 Å². The lowest BCUT2D eigenvalue weighted by Gasteiger charge is -2.10. The van der Waals surface area contributed by atoms with Crippen molar-refractivity contribution in [2.75, 3.05) is 17.6 Å². The molecule has 0 spiro atoms. The van der Waals surface area contributed by atoms with Gasteiger partial charge in [-0.2, -0.15) is 0 Å². The molecule has 20 heavy (non-hydrogen) atoms. The van der Waals surface area contributed by atoms with E-state index in [9.17, 15) is 0 Å². The van der Waals surface area contributed by atoms with Crippen LogP contribution in [0.15, 0.2) is 53.4 Å². The number of thiocarbonyl (C=S) groups is 1. The lowest BCUT2D eigenvalue weighted by atomic mass is 10.4. The number of benzene rings is 1. The van der Waals surface area contributed by atoms with Gasteiger partial charge in [-0.15, -0.1) is 11.8 Å². The van der Waals surface area contributed by atoms with E-state index >= 15 is 0 Å². The van der Waals surface area contributed by atoms with Crippen molar-refractivity contribution in [1.29, 1.82) is 0 Å². The summed E-state index contributed by atoms with van der Waals surface area (Å²) in [6, 6.07) is 16.2. The van der Waals surface area contributed by atoms with E-state index in [-0.39, 0.29) is 0 Å². The largest absolute Gasteiger partial charge is 0.362 e. The standard InChI is InChI=1S/C15H17N3S2/c1-12-6-5-9-14(17-12)18-15(19)16-10-11-20-13-7-3-2-4-8-13/h2-9H,10-11H2,1H3,(H2,16,17,18,19). The van der Waals surface area contributed by atoms with Gasteiger partial charge in [0, 0.05) is 22.9 Å². The van der Waals surface area contributed by atoms with Gasteiger partial charge in [-0.25, -0.2) is 4.98 Å². The van der Waals surface area contributed by atoms with Crippen LogP contribution in [-0.2, 0) is 0 Å². The molecule has 3 nitrogen and oxygen atoms in total. The predicted octanol–water partition coefficient (Wildman–Crippen LogP) is 3.47. The quantitative estimate of drug-likeness (QED) is 0.502. The molecular weight excluding hydrogens is 286 g/mol. The Balaban J connectivity index is 1.68. The van der Waals surface area contributed by atoms with Gasteiger partial charge in [0.2, 0.25) is 0 Å². The first-order valence-electron chi connectivity index (χ1n) is 6.40. The Morgan fingerprint density at radius 1 is 1.15 bits per heavy atom. The minimum absolute atomic E-state index is 0.608. The minimum Gasteiger partial charge on any atom is -0.362 e. The number of pyridine rings is 1. The normalized spacial score (nSPS) is 10.1. The maximum absolute atomic E-state index is 5.24. The fourth-order valence-corrected chi connectivity index (χ4v) is 2.62. The zero-order valence-corrected chi connectivity index (χ0v) is 12.9. The second kappa shape index (κ2) is 7.87. The molecule has 0 aliphatic carbocycles. The van der Waals surface area contributed by atoms with Crippen LogP contribution in [0.3, 0.4) is 0 Å². The van der Waals surface area contributed by atoms with Gasteiger partial charge in [0.15, 0.2) is 5.11 Å². The maximum atomic E-state index is 5.24. The summed E-state index contributed by atoms with van der Waals surface area (Å²) in [6.45, 7) is 2.77. The summed E-state index contributed by atoms with van der Waals surface area (Å²) in [5, 5.41) is 6.87. The Bertz CT molecular complexity index is 558. The summed E-state index contributed by atoms with van der Waals surface area (Å²) in [6.07, 6.45) is 0. The van der Waals surface area contributed by atoms with E-state index in [4.69, 9.17) is 12.2 Å². The van der Waals surface area contributed by atoms with E-state index < -0.39 is 0 Å². The number of thioether (sulfide) groups is 1. The first-order valence-corrected chi connectivity index (χ1v) is 7.80. The first-order chi connectivity index (χ1) is 9.74. The van der Waals surface area contributed by atoms with Crippen molar-refractivity contribution in [1.82, 2.24) is 10.3 Å². The van der Waals surface area contributed by atoms with Gasteiger partial charge in [0.1, 0.15) is 5.82 Å². The van der Waals surface area contributed by atoms with Gasteiger partial charge < -0.3 is 10.6 Å². The monoisotopic (exact) mass is 303 g/mol. The van der Waals surface area contributed by atoms with E-state index in [1.165, 1.54) is 4.90 Å². The molecule has 0 fully saturated rings. The van der Waals surface area contributed by atoms with Gasteiger partial charge >= 0.3 is 0 Å². The summed E-state index contributed by atoms with van der Waals surface area (Å²) in [5.41, 5.74) is 0.970. The molecule has 0 saturated carbocycles. The number of nitrogens with one attached hydrogen (secondary N) is 2. The van der Waals surface area contributed by atoms with Crippen molar-refractivity contribution < 1.29 is 0 Å². The van der Waals surface area contributed by atoms with E-state index in [1.54, 1.807) is 11.8 Å². The van der Waals surface area contributed by atoms with Crippen LogP contribution in [0, 0.1) is 6.92 Å². The van der Waals surface area contributed by atoms with E-state index in [0.29, 0.717) is 5.11 Å². The number of anilines is 1. The molecule has 104 valence electrons. The molecule has 0 unspecified atom stereocenters. The third kappa shape index (κ3) is 5.19. The van der Waals surface area contributed by atoms with Crippen molar-refractivity contribution in [2.45, 2.75) is 11.8 Å². The van der Waals surface area contributed by atoms with Crippen molar-refractivity contribution >= 4 is 34.9 Å². The molecule has 1 aromatic heterocycles. The molecule has 0 aliphatic rings. The van der Waals surface area contributed by atoms with Gasteiger partial charge in [-0.3, -0.25) is 0 Å². The van der Waals surface area contributed by atoms with Crippen LogP contribution in [0.25, 0.3) is 0 Å². The second-order valence-corrected chi connectivity index (χ2v) is 5.78. The molecule has 2 N–H and O–H groups in total. The van der Waals surface area contributed by atoms with Gasteiger partial charge in [0.25, 0.3) is 0 Å². The van der Waals surface area contributed by atoms with Crippen molar-refractivity contribution in [2.24, 2.45) is 0 Å². The number of aryl methyl sites for hydroxylation is 1. The number of hydrogen-bond acceptors (Lipinski definition) is 3. The maximum Gasteiger partial charge on any atom is 0.171 e. The van der Waals surface area contributed by atoms with Crippen molar-refractivity contribution in [3.63, 3.8) is 0 Å². The van der Waals surface area contributed by atoms with Crippen LogP contribution in [0.5, 0.6) is 0 Å². The van der Waals surface area contributed by atoms with Gasteiger partial charge in [0.05, 0.1) is 0 Å². The molecular formula is C15H17N3S2. The highest BCUT2D eigenvalue weighted by atomic mass is 32.2. The fraction of sp³-hybridized carbons (Fsp3) is 0.200. The lowest BCUT2D eigenvalue weighted by Crippen LogP contribution is -2.30. The highest BCUT2D eigenvalue weighted by molar-refractivity contribution is 7.99. The van der Waals surface area contributed by atoms with Crippen LogP contribution in [0.1, 0.15) is 5.69 Å². The van der Waals surface area contributed by atoms with Crippen LogP contribution in [0.4, 0.5) is 5.82 Å². The first kappa shape index (κ1) is 14.8. The Labute approximate surface area is 129 Å². The smallest absolute Gasteiger partial charge is 0.171 e. The summed E-state index contributed by atoms with van der Waals surface area (Å²) in [7, 11) is 0. The Kier molecular flexibility index (Phi) is 5.83. The molecule has 0 amide bonds. The topological polar surface area (TPSA) is 37.0 Å². The molecule has 0 radical (unpaired) electrons.